The lowest BCUT2D eigenvalue weighted by Gasteiger charge is -2.27. The standard InChI is InChI=1S/C52H50N4O/c1-32-25-33(2)46(34(3)26-32)38-28-36(27-37(29-38)44-20-15-16-23-53-44)41-22-24-54-50-47(41)55-49(42-30-39(51(4,5)6)31-43(48(42)57)52(7,8)9)56(50)45-21-14-13-19-40(45)35-17-11-10-12-18-35/h10-31,57H,1-9H3. The number of hydrogen-bond acceptors (Lipinski definition) is 4. The van der Waals surface area contributed by atoms with E-state index in [-0.39, 0.29) is 16.6 Å². The van der Waals surface area contributed by atoms with E-state index in [1.165, 1.54) is 22.3 Å². The van der Waals surface area contributed by atoms with Crippen LogP contribution in [0.1, 0.15) is 69.4 Å². The highest BCUT2D eigenvalue weighted by Crippen LogP contribution is 2.45. The van der Waals surface area contributed by atoms with Gasteiger partial charge in [0.2, 0.25) is 0 Å². The number of aromatic nitrogens is 4. The maximum absolute atomic E-state index is 12.4. The topological polar surface area (TPSA) is 63.8 Å². The molecule has 0 saturated carbocycles. The molecular formula is C52H50N4O. The van der Waals surface area contributed by atoms with Gasteiger partial charge in [0.1, 0.15) is 11.3 Å². The second kappa shape index (κ2) is 14.3. The van der Waals surface area contributed by atoms with Gasteiger partial charge in [0.25, 0.3) is 0 Å². The molecule has 0 spiro atoms. The van der Waals surface area contributed by atoms with Crippen molar-refractivity contribution in [3.63, 3.8) is 0 Å². The molecule has 3 heterocycles. The molecule has 284 valence electrons. The Morgan fingerprint density at radius 3 is 1.89 bits per heavy atom. The summed E-state index contributed by atoms with van der Waals surface area (Å²) >= 11 is 0. The number of rotatable bonds is 6. The van der Waals surface area contributed by atoms with Crippen molar-refractivity contribution in [3.8, 4) is 67.5 Å². The molecule has 5 nitrogen and oxygen atoms in total. The second-order valence-corrected chi connectivity index (χ2v) is 17.4. The van der Waals surface area contributed by atoms with Gasteiger partial charge in [-0.25, -0.2) is 9.97 Å². The van der Waals surface area contributed by atoms with Gasteiger partial charge < -0.3 is 5.11 Å². The van der Waals surface area contributed by atoms with Crippen LogP contribution in [0.4, 0.5) is 0 Å². The third-order valence-electron chi connectivity index (χ3n) is 11.0. The highest BCUT2D eigenvalue weighted by molar-refractivity contribution is 5.97. The van der Waals surface area contributed by atoms with Gasteiger partial charge in [-0.05, 0) is 119 Å². The summed E-state index contributed by atoms with van der Waals surface area (Å²) in [6.07, 6.45) is 3.73. The summed E-state index contributed by atoms with van der Waals surface area (Å²) in [5.74, 6) is 0.865. The van der Waals surface area contributed by atoms with Crippen LogP contribution in [0, 0.1) is 20.8 Å². The highest BCUT2D eigenvalue weighted by atomic mass is 16.3. The summed E-state index contributed by atoms with van der Waals surface area (Å²) in [7, 11) is 0. The third kappa shape index (κ3) is 7.03. The zero-order valence-corrected chi connectivity index (χ0v) is 34.4. The van der Waals surface area contributed by atoms with Gasteiger partial charge in [0, 0.05) is 34.6 Å². The first-order valence-electron chi connectivity index (χ1n) is 19.7. The van der Waals surface area contributed by atoms with Crippen LogP contribution in [0.2, 0.25) is 0 Å². The molecule has 0 unspecified atom stereocenters. The van der Waals surface area contributed by atoms with Crippen LogP contribution in [0.3, 0.4) is 0 Å². The van der Waals surface area contributed by atoms with Gasteiger partial charge >= 0.3 is 0 Å². The van der Waals surface area contributed by atoms with Crippen molar-refractivity contribution >= 4 is 11.2 Å². The number of phenols is 1. The monoisotopic (exact) mass is 746 g/mol. The van der Waals surface area contributed by atoms with Gasteiger partial charge in [0.05, 0.1) is 16.9 Å². The molecule has 1 N–H and O–H groups in total. The average molecular weight is 747 g/mol. The number of benzene rings is 5. The van der Waals surface area contributed by atoms with Crippen LogP contribution in [-0.4, -0.2) is 24.6 Å². The third-order valence-corrected chi connectivity index (χ3v) is 11.0. The predicted octanol–water partition coefficient (Wildman–Crippen LogP) is 13.4. The van der Waals surface area contributed by atoms with Gasteiger partial charge in [-0.3, -0.25) is 9.55 Å². The molecule has 0 radical (unpaired) electrons. The number of para-hydroxylation sites is 1. The number of pyridine rings is 2. The Bertz CT molecular complexity index is 2760. The minimum atomic E-state index is -0.323. The Morgan fingerprint density at radius 2 is 1.21 bits per heavy atom. The van der Waals surface area contributed by atoms with Crippen LogP contribution in [0.25, 0.3) is 72.9 Å². The minimum Gasteiger partial charge on any atom is -0.507 e. The summed E-state index contributed by atoms with van der Waals surface area (Å²) in [5.41, 5.74) is 16.6. The normalized spacial score (nSPS) is 12.0. The molecule has 0 fully saturated rings. The van der Waals surface area contributed by atoms with E-state index in [1.807, 2.05) is 30.6 Å². The lowest BCUT2D eigenvalue weighted by molar-refractivity contribution is 0.446. The van der Waals surface area contributed by atoms with Crippen molar-refractivity contribution in [2.45, 2.75) is 73.1 Å². The molecule has 0 bridgehead atoms. The van der Waals surface area contributed by atoms with E-state index in [4.69, 9.17) is 15.0 Å². The quantitative estimate of drug-likeness (QED) is 0.184. The Kier molecular flexibility index (Phi) is 9.44. The van der Waals surface area contributed by atoms with Crippen molar-refractivity contribution in [1.29, 1.82) is 0 Å². The number of aryl methyl sites for hydroxylation is 3. The number of nitrogens with zero attached hydrogens (tertiary/aromatic N) is 4. The Labute approximate surface area is 336 Å². The number of fused-ring (bicyclic) bond motifs is 1. The smallest absolute Gasteiger partial charge is 0.165 e. The van der Waals surface area contributed by atoms with Gasteiger partial charge in [-0.1, -0.05) is 120 Å². The summed E-state index contributed by atoms with van der Waals surface area (Å²) in [6, 6.07) is 42.4. The zero-order chi connectivity index (χ0) is 40.2. The summed E-state index contributed by atoms with van der Waals surface area (Å²) in [4.78, 5) is 15.4. The number of aromatic hydroxyl groups is 1. The molecule has 0 atom stereocenters. The molecule has 3 aromatic heterocycles. The fourth-order valence-corrected chi connectivity index (χ4v) is 8.20. The zero-order valence-electron chi connectivity index (χ0n) is 34.4. The van der Waals surface area contributed by atoms with E-state index >= 15 is 0 Å². The molecule has 8 aromatic rings. The van der Waals surface area contributed by atoms with Gasteiger partial charge in [0.15, 0.2) is 11.5 Å². The maximum atomic E-state index is 12.4. The van der Waals surface area contributed by atoms with E-state index in [2.05, 4.69) is 170 Å². The molecule has 0 aliphatic rings. The first-order valence-corrected chi connectivity index (χ1v) is 19.7. The van der Waals surface area contributed by atoms with E-state index in [9.17, 15) is 5.11 Å². The Hall–Kier alpha value is -6.33. The maximum Gasteiger partial charge on any atom is 0.165 e. The van der Waals surface area contributed by atoms with Crippen LogP contribution in [0.5, 0.6) is 5.75 Å². The first kappa shape index (κ1) is 37.6. The average Bonchev–Trinajstić information content (AvgIpc) is 3.57. The minimum absolute atomic E-state index is 0.181. The second-order valence-electron chi connectivity index (χ2n) is 17.4. The van der Waals surface area contributed by atoms with Crippen molar-refractivity contribution < 1.29 is 5.11 Å². The molecule has 57 heavy (non-hydrogen) atoms. The van der Waals surface area contributed by atoms with Crippen LogP contribution in [-0.2, 0) is 10.8 Å². The first-order chi connectivity index (χ1) is 27.2. The van der Waals surface area contributed by atoms with Crippen LogP contribution < -0.4 is 0 Å². The number of imidazole rings is 1. The van der Waals surface area contributed by atoms with Crippen LogP contribution >= 0.6 is 0 Å². The largest absolute Gasteiger partial charge is 0.507 e. The summed E-state index contributed by atoms with van der Waals surface area (Å²) in [6.45, 7) is 19.6. The molecule has 5 aromatic carbocycles. The lowest BCUT2D eigenvalue weighted by Crippen LogP contribution is -2.17. The molecule has 0 aliphatic carbocycles. The van der Waals surface area contributed by atoms with Gasteiger partial charge in [-0.2, -0.15) is 0 Å². The van der Waals surface area contributed by atoms with Crippen LogP contribution in [0.15, 0.2) is 134 Å². The van der Waals surface area contributed by atoms with Crippen molar-refractivity contribution in [1.82, 2.24) is 19.5 Å². The summed E-state index contributed by atoms with van der Waals surface area (Å²) < 4.78 is 2.15. The number of hydrogen-bond donors (Lipinski definition) is 1. The molecule has 5 heteroatoms. The van der Waals surface area contributed by atoms with Crippen molar-refractivity contribution in [2.24, 2.45) is 0 Å². The van der Waals surface area contributed by atoms with E-state index in [0.717, 1.165) is 61.4 Å². The highest BCUT2D eigenvalue weighted by Gasteiger charge is 2.29. The Morgan fingerprint density at radius 1 is 0.544 bits per heavy atom. The fourth-order valence-electron chi connectivity index (χ4n) is 8.20. The fraction of sp³-hybridized carbons (Fsp3) is 0.212. The molecule has 8 rings (SSSR count). The molecule has 0 amide bonds. The lowest BCUT2D eigenvalue weighted by atomic mass is 9.79. The van der Waals surface area contributed by atoms with Gasteiger partial charge in [-0.15, -0.1) is 0 Å². The SMILES string of the molecule is Cc1cc(C)c(-c2cc(-c3ccccn3)cc(-c3ccnc4c3nc(-c3cc(C(C)(C)C)cc(C(C)(C)C)c3O)n4-c3ccccc3-c3ccccc3)c2)c(C)c1. The molecule has 0 saturated heterocycles. The predicted molar refractivity (Wildman–Crippen MR) is 237 cm³/mol. The molecule has 0 aliphatic heterocycles. The van der Waals surface area contributed by atoms with E-state index in [1.54, 1.807) is 0 Å². The molecular weight excluding hydrogens is 697 g/mol. The van der Waals surface area contributed by atoms with E-state index in [0.29, 0.717) is 17.0 Å². The summed E-state index contributed by atoms with van der Waals surface area (Å²) in [5, 5.41) is 12.4. The number of phenolic OH excluding ortho intramolecular Hbond substituents is 1. The Balaban J connectivity index is 1.48. The van der Waals surface area contributed by atoms with Crippen molar-refractivity contribution in [3.05, 3.63) is 162 Å². The van der Waals surface area contributed by atoms with E-state index < -0.39 is 0 Å². The van der Waals surface area contributed by atoms with Crippen molar-refractivity contribution in [2.75, 3.05) is 0 Å².